The van der Waals surface area contributed by atoms with Crippen molar-refractivity contribution in [1.29, 1.82) is 0 Å². The lowest BCUT2D eigenvalue weighted by molar-refractivity contribution is -0.119. The van der Waals surface area contributed by atoms with Crippen LogP contribution in [0.1, 0.15) is 33.2 Å². The van der Waals surface area contributed by atoms with E-state index in [2.05, 4.69) is 10.3 Å². The summed E-state index contributed by atoms with van der Waals surface area (Å²) >= 11 is 6.26. The van der Waals surface area contributed by atoms with Gasteiger partial charge in [0.1, 0.15) is 23.2 Å². The minimum atomic E-state index is -1.39. The van der Waals surface area contributed by atoms with Crippen molar-refractivity contribution in [2.24, 2.45) is 4.99 Å². The van der Waals surface area contributed by atoms with E-state index in [-0.39, 0.29) is 11.3 Å². The summed E-state index contributed by atoms with van der Waals surface area (Å²) in [5, 5.41) is 3.35. The average Bonchev–Trinajstić information content (AvgIpc) is 3.55. The molecule has 0 saturated carbocycles. The fraction of sp³-hybridized carbons (Fsp3) is 0.147. The number of hydrogen-bond donors (Lipinski definition) is 1. The number of nitrogens with zero attached hydrogens (tertiary/aromatic N) is 1. The van der Waals surface area contributed by atoms with Crippen molar-refractivity contribution in [3.63, 3.8) is 0 Å². The molecule has 4 aromatic carbocycles. The van der Waals surface area contributed by atoms with E-state index in [0.717, 1.165) is 0 Å². The first kappa shape index (κ1) is 30.3. The van der Waals surface area contributed by atoms with E-state index < -0.39 is 29.3 Å². The maximum Gasteiger partial charge on any atom is 0.341 e. The smallest absolute Gasteiger partial charge is 0.341 e. The Balaban J connectivity index is 1.49. The van der Waals surface area contributed by atoms with E-state index in [4.69, 9.17) is 30.5 Å². The number of nitrogens with one attached hydrogen (secondary N) is 1. The molecule has 0 saturated heterocycles. The summed E-state index contributed by atoms with van der Waals surface area (Å²) < 4.78 is 35.9. The number of amides is 1. The van der Waals surface area contributed by atoms with Crippen molar-refractivity contribution in [2.75, 3.05) is 26.6 Å². The predicted molar refractivity (Wildman–Crippen MR) is 166 cm³/mol. The normalized spacial score (nSPS) is 15.8. The van der Waals surface area contributed by atoms with Crippen LogP contribution in [0.3, 0.4) is 0 Å². The van der Waals surface area contributed by atoms with Crippen molar-refractivity contribution in [2.45, 2.75) is 11.6 Å². The second-order valence-electron chi connectivity index (χ2n) is 9.73. The quantitative estimate of drug-likeness (QED) is 0.195. The number of rotatable bonds is 10. The van der Waals surface area contributed by atoms with Crippen LogP contribution in [0.4, 0.5) is 10.1 Å². The summed E-state index contributed by atoms with van der Waals surface area (Å²) in [5.74, 6) is -0.431. The van der Waals surface area contributed by atoms with Gasteiger partial charge in [-0.2, -0.15) is 0 Å². The molecule has 0 spiro atoms. The van der Waals surface area contributed by atoms with Gasteiger partial charge in [-0.1, -0.05) is 41.9 Å². The maximum atomic E-state index is 13.8. The Labute approximate surface area is 258 Å². The first-order valence-corrected chi connectivity index (χ1v) is 13.8. The van der Waals surface area contributed by atoms with E-state index in [9.17, 15) is 14.0 Å². The number of carbonyl (C=O) groups is 2. The van der Waals surface area contributed by atoms with Gasteiger partial charge in [-0.15, -0.1) is 0 Å². The molecule has 1 aliphatic rings. The molecule has 0 fully saturated rings. The molecule has 1 aliphatic heterocycles. The van der Waals surface area contributed by atoms with Gasteiger partial charge < -0.3 is 24.3 Å². The largest absolute Gasteiger partial charge is 0.493 e. The van der Waals surface area contributed by atoms with E-state index in [1.54, 1.807) is 79.0 Å². The Morgan fingerprint density at radius 1 is 0.864 bits per heavy atom. The van der Waals surface area contributed by atoms with Crippen molar-refractivity contribution >= 4 is 35.4 Å². The number of esters is 1. The molecule has 8 nitrogen and oxygen atoms in total. The Bertz CT molecular complexity index is 1740. The minimum absolute atomic E-state index is 0.0603. The second-order valence-corrected chi connectivity index (χ2v) is 10.2. The number of hydrogen-bond acceptors (Lipinski definition) is 7. The number of aliphatic imine (C=N–C) groups is 1. The highest BCUT2D eigenvalue weighted by molar-refractivity contribution is 6.30. The van der Waals surface area contributed by atoms with Crippen LogP contribution in [0.25, 0.3) is 0 Å². The van der Waals surface area contributed by atoms with E-state index in [1.165, 1.54) is 39.5 Å². The lowest BCUT2D eigenvalue weighted by Gasteiger charge is -2.25. The predicted octanol–water partition coefficient (Wildman–Crippen LogP) is 6.93. The first-order chi connectivity index (χ1) is 21.3. The van der Waals surface area contributed by atoms with Crippen molar-refractivity contribution in [3.05, 3.63) is 130 Å². The van der Waals surface area contributed by atoms with Gasteiger partial charge in [-0.25, -0.2) is 9.18 Å². The van der Waals surface area contributed by atoms with Crippen LogP contribution in [0, 0.1) is 5.82 Å². The van der Waals surface area contributed by atoms with Crippen LogP contribution in [-0.2, 0) is 15.1 Å². The van der Waals surface area contributed by atoms with Gasteiger partial charge in [0.15, 0.2) is 17.0 Å². The fourth-order valence-corrected chi connectivity index (χ4v) is 5.06. The number of benzene rings is 4. The van der Waals surface area contributed by atoms with Crippen LogP contribution < -0.4 is 19.5 Å². The summed E-state index contributed by atoms with van der Waals surface area (Å²) in [6, 6.07) is 22.6. The second kappa shape index (κ2) is 13.0. The molecule has 0 radical (unpaired) electrons. The SMILES string of the molecule is COC(=O)c1cc(NC(=O)C2(c3ccc(OC)c(OC)c3)C=CC=N2)ccc1OC(c1ccc(F)cc1)c1cccc(Cl)c1. The Kier molecular flexibility index (Phi) is 8.96. The van der Waals surface area contributed by atoms with E-state index in [0.29, 0.717) is 38.9 Å². The van der Waals surface area contributed by atoms with Crippen molar-refractivity contribution in [3.8, 4) is 17.2 Å². The molecule has 44 heavy (non-hydrogen) atoms. The zero-order valence-electron chi connectivity index (χ0n) is 24.0. The molecule has 1 heterocycles. The molecule has 10 heteroatoms. The third kappa shape index (κ3) is 6.14. The number of methoxy groups -OCH3 is 3. The summed E-state index contributed by atoms with van der Waals surface area (Å²) in [5.41, 5.74) is 0.837. The summed E-state index contributed by atoms with van der Waals surface area (Å²) in [6.45, 7) is 0. The van der Waals surface area contributed by atoms with E-state index in [1.807, 2.05) is 6.07 Å². The van der Waals surface area contributed by atoms with E-state index >= 15 is 0 Å². The lowest BCUT2D eigenvalue weighted by Crippen LogP contribution is -2.36. The minimum Gasteiger partial charge on any atom is -0.493 e. The highest BCUT2D eigenvalue weighted by Crippen LogP contribution is 2.38. The van der Waals surface area contributed by atoms with Gasteiger partial charge >= 0.3 is 5.97 Å². The third-order valence-electron chi connectivity index (χ3n) is 7.08. The molecule has 0 bridgehead atoms. The number of anilines is 1. The molecule has 4 aromatic rings. The van der Waals surface area contributed by atoms with Gasteiger partial charge in [-0.05, 0) is 83.4 Å². The molecule has 1 amide bonds. The maximum absolute atomic E-state index is 13.8. The highest BCUT2D eigenvalue weighted by atomic mass is 35.5. The monoisotopic (exact) mass is 614 g/mol. The van der Waals surface area contributed by atoms with Crippen LogP contribution in [-0.4, -0.2) is 39.4 Å². The van der Waals surface area contributed by atoms with Crippen LogP contribution in [0.15, 0.2) is 102 Å². The summed E-state index contributed by atoms with van der Waals surface area (Å²) in [6.07, 6.45) is 4.14. The van der Waals surface area contributed by atoms with Gasteiger partial charge in [-0.3, -0.25) is 9.79 Å². The van der Waals surface area contributed by atoms with Gasteiger partial charge in [0.25, 0.3) is 5.91 Å². The number of halogens is 2. The number of allylic oxidation sites excluding steroid dienone is 1. The zero-order chi connectivity index (χ0) is 31.3. The fourth-order valence-electron chi connectivity index (χ4n) is 4.86. The molecule has 2 atom stereocenters. The molecule has 0 aromatic heterocycles. The molecule has 0 aliphatic carbocycles. The standard InChI is InChI=1S/C34H28ClFN2O6/c1-41-29-14-10-23(19-30(29)42-2)34(16-5-17-37-34)33(40)38-26-13-15-28(27(20-26)32(39)43-3)44-31(21-8-11-25(36)12-9-21)22-6-4-7-24(35)18-22/h4-20,31H,1-3H3,(H,38,40). The van der Waals surface area contributed by atoms with Crippen LogP contribution in [0.2, 0.25) is 5.02 Å². The number of carbonyl (C=O) groups excluding carboxylic acids is 2. The zero-order valence-corrected chi connectivity index (χ0v) is 24.8. The van der Waals surface area contributed by atoms with Gasteiger partial charge in [0.2, 0.25) is 0 Å². The summed E-state index contributed by atoms with van der Waals surface area (Å²) in [7, 11) is 4.28. The topological polar surface area (TPSA) is 95.5 Å². The van der Waals surface area contributed by atoms with Crippen molar-refractivity contribution < 1.29 is 32.9 Å². The Morgan fingerprint density at radius 2 is 1.61 bits per heavy atom. The van der Waals surface area contributed by atoms with Crippen LogP contribution >= 0.6 is 11.6 Å². The molecular weight excluding hydrogens is 587 g/mol. The number of ether oxygens (including phenoxy) is 4. The average molecular weight is 615 g/mol. The molecule has 5 rings (SSSR count). The molecule has 2 unspecified atom stereocenters. The van der Waals surface area contributed by atoms with Crippen molar-refractivity contribution in [1.82, 2.24) is 0 Å². The first-order valence-electron chi connectivity index (χ1n) is 13.4. The Morgan fingerprint density at radius 3 is 2.27 bits per heavy atom. The van der Waals surface area contributed by atoms with Gasteiger partial charge in [0, 0.05) is 16.9 Å². The summed E-state index contributed by atoms with van der Waals surface area (Å²) in [4.78, 5) is 31.2. The van der Waals surface area contributed by atoms with Crippen LogP contribution in [0.5, 0.6) is 17.2 Å². The molecular formula is C34H28ClFN2O6. The van der Waals surface area contributed by atoms with Gasteiger partial charge in [0.05, 0.1) is 21.3 Å². The highest BCUT2D eigenvalue weighted by Gasteiger charge is 2.39. The third-order valence-corrected chi connectivity index (χ3v) is 7.32. The molecule has 1 N–H and O–H groups in total. The Hall–Kier alpha value is -5.15. The lowest BCUT2D eigenvalue weighted by atomic mass is 9.89. The molecule has 224 valence electrons.